The summed E-state index contributed by atoms with van der Waals surface area (Å²) in [7, 11) is 0. The van der Waals surface area contributed by atoms with E-state index in [2.05, 4.69) is 10.2 Å². The first-order chi connectivity index (χ1) is 6.16. The van der Waals surface area contributed by atoms with Gasteiger partial charge >= 0.3 is 0 Å². The monoisotopic (exact) mass is 178 g/mol. The summed E-state index contributed by atoms with van der Waals surface area (Å²) in [5.41, 5.74) is 0.916. The molecule has 0 N–H and O–H groups in total. The van der Waals surface area contributed by atoms with Crippen LogP contribution >= 0.6 is 0 Å². The van der Waals surface area contributed by atoms with Gasteiger partial charge in [0, 0.05) is 11.8 Å². The molecule has 0 aliphatic rings. The van der Waals surface area contributed by atoms with Gasteiger partial charge in [-0.3, -0.25) is 9.78 Å². The van der Waals surface area contributed by atoms with E-state index in [0.29, 0.717) is 11.3 Å². The maximum atomic E-state index is 11.1. The van der Waals surface area contributed by atoms with Crippen LogP contribution in [-0.2, 0) is 0 Å². The summed E-state index contributed by atoms with van der Waals surface area (Å²) < 4.78 is 0. The predicted octanol–water partition coefficient (Wildman–Crippen LogP) is 2.11. The predicted molar refractivity (Wildman–Crippen MR) is 48.5 cm³/mol. The summed E-state index contributed by atoms with van der Waals surface area (Å²) in [6, 6.07) is 2.74. The molecule has 1 heterocycles. The SMILES string of the molecule is CC(=O)c1cccnc1C(C)N=O. The average Bonchev–Trinajstić information content (AvgIpc) is 2.16. The molecule has 1 rings (SSSR count). The lowest BCUT2D eigenvalue weighted by molar-refractivity contribution is 0.101. The maximum absolute atomic E-state index is 11.1. The topological polar surface area (TPSA) is 59.4 Å². The highest BCUT2D eigenvalue weighted by Gasteiger charge is 2.14. The van der Waals surface area contributed by atoms with Crippen molar-refractivity contribution in [2.24, 2.45) is 5.18 Å². The molecular weight excluding hydrogens is 168 g/mol. The quantitative estimate of drug-likeness (QED) is 0.526. The first kappa shape index (κ1) is 9.51. The average molecular weight is 178 g/mol. The second kappa shape index (κ2) is 3.89. The normalized spacial score (nSPS) is 12.2. The third-order valence-electron chi connectivity index (χ3n) is 1.77. The highest BCUT2D eigenvalue weighted by molar-refractivity contribution is 5.95. The molecule has 0 spiro atoms. The van der Waals surface area contributed by atoms with E-state index in [9.17, 15) is 9.70 Å². The van der Waals surface area contributed by atoms with Crippen LogP contribution in [0.1, 0.15) is 35.9 Å². The Hall–Kier alpha value is -1.58. The molecule has 68 valence electrons. The second-order valence-electron chi connectivity index (χ2n) is 2.77. The zero-order valence-corrected chi connectivity index (χ0v) is 7.52. The van der Waals surface area contributed by atoms with Gasteiger partial charge in [0.1, 0.15) is 6.04 Å². The van der Waals surface area contributed by atoms with Crippen LogP contribution in [0.2, 0.25) is 0 Å². The van der Waals surface area contributed by atoms with Crippen LogP contribution in [0.15, 0.2) is 23.5 Å². The molecule has 0 aliphatic carbocycles. The van der Waals surface area contributed by atoms with E-state index in [-0.39, 0.29) is 5.78 Å². The van der Waals surface area contributed by atoms with Gasteiger partial charge in [0.25, 0.3) is 0 Å². The number of nitrogens with zero attached hydrogens (tertiary/aromatic N) is 2. The highest BCUT2D eigenvalue weighted by atomic mass is 16.3. The zero-order chi connectivity index (χ0) is 9.84. The Balaban J connectivity index is 3.19. The molecule has 1 aromatic rings. The number of aromatic nitrogens is 1. The summed E-state index contributed by atoms with van der Waals surface area (Å²) in [6.07, 6.45) is 1.55. The number of rotatable bonds is 3. The number of ketones is 1. The smallest absolute Gasteiger partial charge is 0.161 e. The summed E-state index contributed by atoms with van der Waals surface area (Å²) in [5, 5.41) is 2.84. The molecule has 1 aromatic heterocycles. The van der Waals surface area contributed by atoms with Crippen LogP contribution in [0.5, 0.6) is 0 Å². The van der Waals surface area contributed by atoms with Crippen molar-refractivity contribution < 1.29 is 4.79 Å². The van der Waals surface area contributed by atoms with E-state index < -0.39 is 6.04 Å². The zero-order valence-electron chi connectivity index (χ0n) is 7.52. The summed E-state index contributed by atoms with van der Waals surface area (Å²) >= 11 is 0. The van der Waals surface area contributed by atoms with Gasteiger partial charge in [-0.15, -0.1) is 0 Å². The van der Waals surface area contributed by atoms with Crippen molar-refractivity contribution in [3.05, 3.63) is 34.5 Å². The van der Waals surface area contributed by atoms with Gasteiger partial charge in [-0.05, 0) is 26.0 Å². The third-order valence-corrected chi connectivity index (χ3v) is 1.77. The summed E-state index contributed by atoms with van der Waals surface area (Å²) in [6.45, 7) is 3.06. The number of pyridine rings is 1. The van der Waals surface area contributed by atoms with Crippen molar-refractivity contribution in [1.29, 1.82) is 0 Å². The van der Waals surface area contributed by atoms with Gasteiger partial charge in [-0.2, -0.15) is 4.91 Å². The first-order valence-corrected chi connectivity index (χ1v) is 3.95. The molecule has 0 bridgehead atoms. The minimum Gasteiger partial charge on any atom is -0.294 e. The Morgan fingerprint density at radius 3 is 2.85 bits per heavy atom. The number of carbonyl (C=O) groups is 1. The maximum Gasteiger partial charge on any atom is 0.161 e. The van der Waals surface area contributed by atoms with Crippen molar-refractivity contribution >= 4 is 5.78 Å². The van der Waals surface area contributed by atoms with Crippen molar-refractivity contribution in [3.63, 3.8) is 0 Å². The van der Waals surface area contributed by atoms with Gasteiger partial charge in [-0.1, -0.05) is 5.18 Å². The lowest BCUT2D eigenvalue weighted by Gasteiger charge is -2.05. The van der Waals surface area contributed by atoms with E-state index in [4.69, 9.17) is 0 Å². The fourth-order valence-corrected chi connectivity index (χ4v) is 1.10. The minimum atomic E-state index is -0.569. The fourth-order valence-electron chi connectivity index (χ4n) is 1.10. The molecule has 0 saturated carbocycles. The van der Waals surface area contributed by atoms with Crippen LogP contribution < -0.4 is 0 Å². The Kier molecular flexibility index (Phi) is 2.84. The fraction of sp³-hybridized carbons (Fsp3) is 0.333. The molecule has 0 amide bonds. The number of Topliss-reactive ketones (excluding diaryl/α,β-unsaturated/α-hetero) is 1. The molecule has 1 unspecified atom stereocenters. The summed E-state index contributed by atoms with van der Waals surface area (Å²) in [4.78, 5) is 25.3. The largest absolute Gasteiger partial charge is 0.294 e. The van der Waals surface area contributed by atoms with Gasteiger partial charge in [-0.25, -0.2) is 0 Å². The molecule has 4 nitrogen and oxygen atoms in total. The molecule has 0 aliphatic heterocycles. The van der Waals surface area contributed by atoms with Crippen molar-refractivity contribution in [3.8, 4) is 0 Å². The number of nitroso groups, excluding NO2 is 1. The molecule has 13 heavy (non-hydrogen) atoms. The molecule has 4 heteroatoms. The highest BCUT2D eigenvalue weighted by Crippen LogP contribution is 2.18. The van der Waals surface area contributed by atoms with E-state index in [1.807, 2.05) is 0 Å². The number of hydrogen-bond donors (Lipinski definition) is 0. The van der Waals surface area contributed by atoms with Crippen molar-refractivity contribution in [2.45, 2.75) is 19.9 Å². The molecular formula is C9H10N2O2. The molecule has 0 fully saturated rings. The minimum absolute atomic E-state index is 0.0985. The van der Waals surface area contributed by atoms with Gasteiger partial charge in [0.05, 0.1) is 5.69 Å². The van der Waals surface area contributed by atoms with Crippen LogP contribution in [0.25, 0.3) is 0 Å². The van der Waals surface area contributed by atoms with E-state index in [0.717, 1.165) is 0 Å². The van der Waals surface area contributed by atoms with Crippen molar-refractivity contribution in [2.75, 3.05) is 0 Å². The number of carbonyl (C=O) groups excluding carboxylic acids is 1. The van der Waals surface area contributed by atoms with Crippen LogP contribution in [0, 0.1) is 4.91 Å². The Morgan fingerprint density at radius 1 is 1.62 bits per heavy atom. The van der Waals surface area contributed by atoms with Gasteiger partial charge < -0.3 is 0 Å². The number of hydrogen-bond acceptors (Lipinski definition) is 4. The third kappa shape index (κ3) is 1.96. The lowest BCUT2D eigenvalue weighted by Crippen LogP contribution is -2.03. The molecule has 0 aromatic carbocycles. The molecule has 1 atom stereocenters. The molecule has 0 saturated heterocycles. The Bertz CT molecular complexity index is 336. The van der Waals surface area contributed by atoms with Crippen molar-refractivity contribution in [1.82, 2.24) is 4.98 Å². The first-order valence-electron chi connectivity index (χ1n) is 3.95. The van der Waals surface area contributed by atoms with Gasteiger partial charge in [0.15, 0.2) is 5.78 Å². The van der Waals surface area contributed by atoms with Crippen LogP contribution in [0.4, 0.5) is 0 Å². The molecule has 0 radical (unpaired) electrons. The van der Waals surface area contributed by atoms with Crippen LogP contribution in [-0.4, -0.2) is 10.8 Å². The van der Waals surface area contributed by atoms with E-state index >= 15 is 0 Å². The lowest BCUT2D eigenvalue weighted by atomic mass is 10.1. The Morgan fingerprint density at radius 2 is 2.31 bits per heavy atom. The second-order valence-corrected chi connectivity index (χ2v) is 2.77. The Labute approximate surface area is 76.0 Å². The van der Waals surface area contributed by atoms with E-state index in [1.165, 1.54) is 6.92 Å². The van der Waals surface area contributed by atoms with E-state index in [1.54, 1.807) is 25.3 Å². The van der Waals surface area contributed by atoms with Crippen LogP contribution in [0.3, 0.4) is 0 Å². The summed E-state index contributed by atoms with van der Waals surface area (Å²) in [5.74, 6) is -0.0985. The standard InChI is InChI=1S/C9H10N2O2/c1-6(11-13)9-8(7(2)12)4-3-5-10-9/h3-6H,1-2H3. The van der Waals surface area contributed by atoms with Gasteiger partial charge in [0.2, 0.25) is 0 Å².